The van der Waals surface area contributed by atoms with Crippen LogP contribution in [0.5, 0.6) is 0 Å². The highest BCUT2D eigenvalue weighted by molar-refractivity contribution is 7.20. The van der Waals surface area contributed by atoms with Gasteiger partial charge in [-0.25, -0.2) is 9.97 Å². The highest BCUT2D eigenvalue weighted by Gasteiger charge is 2.20. The van der Waals surface area contributed by atoms with Crippen molar-refractivity contribution in [1.82, 2.24) is 15.3 Å². The van der Waals surface area contributed by atoms with Crippen molar-refractivity contribution in [3.63, 3.8) is 0 Å². The quantitative estimate of drug-likeness (QED) is 0.587. The Bertz CT molecular complexity index is 1020. The zero-order chi connectivity index (χ0) is 20.2. The lowest BCUT2D eigenvalue weighted by atomic mass is 10.1. The summed E-state index contributed by atoms with van der Waals surface area (Å²) in [6, 6.07) is 7.68. The van der Waals surface area contributed by atoms with Gasteiger partial charge in [-0.15, -0.1) is 11.3 Å². The van der Waals surface area contributed by atoms with Crippen molar-refractivity contribution >= 4 is 44.9 Å². The van der Waals surface area contributed by atoms with Crippen molar-refractivity contribution in [2.24, 2.45) is 0 Å². The molecule has 8 heteroatoms. The molecule has 0 radical (unpaired) electrons. The van der Waals surface area contributed by atoms with Crippen LogP contribution in [0.4, 0.5) is 5.82 Å². The van der Waals surface area contributed by atoms with E-state index in [1.165, 1.54) is 17.7 Å². The van der Waals surface area contributed by atoms with Crippen LogP contribution in [0.15, 0.2) is 30.6 Å². The van der Waals surface area contributed by atoms with Gasteiger partial charge in [-0.3, -0.25) is 4.79 Å². The first-order chi connectivity index (χ1) is 14.1. The van der Waals surface area contributed by atoms with Crippen molar-refractivity contribution in [2.45, 2.75) is 32.3 Å². The molecule has 6 nitrogen and oxygen atoms in total. The smallest absolute Gasteiger partial charge is 0.261 e. The maximum atomic E-state index is 12.8. The summed E-state index contributed by atoms with van der Waals surface area (Å²) in [5.74, 6) is 0.664. The van der Waals surface area contributed by atoms with E-state index in [1.54, 1.807) is 0 Å². The summed E-state index contributed by atoms with van der Waals surface area (Å²) >= 11 is 7.58. The molecule has 0 unspecified atom stereocenters. The van der Waals surface area contributed by atoms with Gasteiger partial charge in [0.25, 0.3) is 5.91 Å². The second kappa shape index (κ2) is 9.07. The first-order valence-corrected chi connectivity index (χ1v) is 10.9. The summed E-state index contributed by atoms with van der Waals surface area (Å²) in [5.41, 5.74) is 1.92. The Morgan fingerprint density at radius 1 is 1.34 bits per heavy atom. The monoisotopic (exact) mass is 430 g/mol. The summed E-state index contributed by atoms with van der Waals surface area (Å²) in [5, 5.41) is 8.00. The minimum absolute atomic E-state index is 0.0948. The fourth-order valence-electron chi connectivity index (χ4n) is 3.53. The number of halogens is 1. The molecule has 4 rings (SSSR count). The second-order valence-electron chi connectivity index (χ2n) is 7.07. The molecular weight excluding hydrogens is 408 g/mol. The van der Waals surface area contributed by atoms with Crippen LogP contribution in [0.3, 0.4) is 0 Å². The van der Waals surface area contributed by atoms with Crippen molar-refractivity contribution in [3.05, 3.63) is 51.6 Å². The lowest BCUT2D eigenvalue weighted by molar-refractivity contribution is 0.0957. The van der Waals surface area contributed by atoms with Gasteiger partial charge >= 0.3 is 0 Å². The molecule has 1 aliphatic rings. The largest absolute Gasteiger partial charge is 0.376 e. The Hall–Kier alpha value is -2.22. The Balaban J connectivity index is 1.45. The summed E-state index contributed by atoms with van der Waals surface area (Å²) in [6.45, 7) is 4.00. The molecule has 1 aliphatic heterocycles. The number of nitrogens with zero attached hydrogens (tertiary/aromatic N) is 2. The molecule has 29 heavy (non-hydrogen) atoms. The number of thiophene rings is 1. The number of aromatic nitrogens is 2. The van der Waals surface area contributed by atoms with Gasteiger partial charge in [-0.1, -0.05) is 29.8 Å². The number of carbonyl (C=O) groups is 1. The molecule has 1 saturated heterocycles. The van der Waals surface area contributed by atoms with E-state index in [-0.39, 0.29) is 12.0 Å². The summed E-state index contributed by atoms with van der Waals surface area (Å²) < 4.78 is 5.67. The number of aryl methyl sites for hydroxylation is 1. The van der Waals surface area contributed by atoms with E-state index in [4.69, 9.17) is 16.3 Å². The van der Waals surface area contributed by atoms with Crippen LogP contribution in [0.2, 0.25) is 5.02 Å². The molecule has 0 bridgehead atoms. The van der Waals surface area contributed by atoms with Crippen LogP contribution in [0, 0.1) is 6.92 Å². The number of hydrogen-bond acceptors (Lipinski definition) is 6. The summed E-state index contributed by atoms with van der Waals surface area (Å²) in [4.78, 5) is 23.0. The number of carbonyl (C=O) groups excluding carboxylic acids is 1. The predicted octanol–water partition coefficient (Wildman–Crippen LogP) is 4.22. The van der Waals surface area contributed by atoms with Gasteiger partial charge in [0.05, 0.1) is 16.4 Å². The van der Waals surface area contributed by atoms with Crippen LogP contribution in [0.1, 0.15) is 33.6 Å². The van der Waals surface area contributed by atoms with Gasteiger partial charge in [0.1, 0.15) is 17.0 Å². The zero-order valence-electron chi connectivity index (χ0n) is 16.2. The third-order valence-electron chi connectivity index (χ3n) is 5.09. The second-order valence-corrected chi connectivity index (χ2v) is 8.48. The van der Waals surface area contributed by atoms with Crippen LogP contribution in [0.25, 0.3) is 10.2 Å². The van der Waals surface area contributed by atoms with Crippen molar-refractivity contribution in [3.8, 4) is 0 Å². The Morgan fingerprint density at radius 3 is 3.00 bits per heavy atom. The third-order valence-corrected chi connectivity index (χ3v) is 6.66. The van der Waals surface area contributed by atoms with E-state index in [1.807, 2.05) is 31.2 Å². The first kappa shape index (κ1) is 20.1. The fourth-order valence-corrected chi connectivity index (χ4v) is 4.83. The van der Waals surface area contributed by atoms with Gasteiger partial charge in [-0.05, 0) is 43.4 Å². The molecule has 152 valence electrons. The summed E-state index contributed by atoms with van der Waals surface area (Å²) in [6.07, 6.45) is 4.59. The molecule has 2 N–H and O–H groups in total. The zero-order valence-corrected chi connectivity index (χ0v) is 17.8. The van der Waals surface area contributed by atoms with Crippen LogP contribution in [-0.4, -0.2) is 41.7 Å². The first-order valence-electron chi connectivity index (χ1n) is 9.74. The number of benzene rings is 1. The molecule has 0 aliphatic carbocycles. The molecule has 1 atom stereocenters. The number of ether oxygens (including phenoxy) is 1. The standard InChI is InChI=1S/C21H23ClN4O2S/c1-13-17-19(24-11-15-6-4-10-28-15)25-12-26-21(17)29-18(13)20(27)23-9-8-14-5-2-3-7-16(14)22/h2-3,5,7,12,15H,4,6,8-11H2,1H3,(H,23,27)(H,24,25,26)/t15-/m1/s1. The van der Waals surface area contributed by atoms with E-state index in [0.717, 1.165) is 51.6 Å². The molecule has 3 aromatic rings. The van der Waals surface area contributed by atoms with Crippen molar-refractivity contribution < 1.29 is 9.53 Å². The molecule has 3 heterocycles. The van der Waals surface area contributed by atoms with Crippen molar-refractivity contribution in [1.29, 1.82) is 0 Å². The molecule has 0 saturated carbocycles. The average molecular weight is 431 g/mol. The minimum Gasteiger partial charge on any atom is -0.376 e. The van der Waals surface area contributed by atoms with Crippen LogP contribution < -0.4 is 10.6 Å². The van der Waals surface area contributed by atoms with Gasteiger partial charge in [0, 0.05) is 24.7 Å². The number of amides is 1. The van der Waals surface area contributed by atoms with E-state index >= 15 is 0 Å². The van der Waals surface area contributed by atoms with Gasteiger partial charge in [-0.2, -0.15) is 0 Å². The maximum absolute atomic E-state index is 12.8. The Labute approximate surface area is 178 Å². The highest BCUT2D eigenvalue weighted by Crippen LogP contribution is 2.33. The van der Waals surface area contributed by atoms with Crippen LogP contribution in [-0.2, 0) is 11.2 Å². The molecule has 0 spiro atoms. The Kier molecular flexibility index (Phi) is 6.28. The lowest BCUT2D eigenvalue weighted by Crippen LogP contribution is -2.25. The fraction of sp³-hybridized carbons (Fsp3) is 0.381. The third kappa shape index (κ3) is 4.52. The number of nitrogens with one attached hydrogen (secondary N) is 2. The van der Waals surface area contributed by atoms with Gasteiger partial charge < -0.3 is 15.4 Å². The normalized spacial score (nSPS) is 16.3. The van der Waals surface area contributed by atoms with Gasteiger partial charge in [0.2, 0.25) is 0 Å². The lowest BCUT2D eigenvalue weighted by Gasteiger charge is -2.12. The van der Waals surface area contributed by atoms with E-state index in [2.05, 4.69) is 20.6 Å². The minimum atomic E-state index is -0.0948. The van der Waals surface area contributed by atoms with E-state index < -0.39 is 0 Å². The molecule has 1 amide bonds. The molecule has 1 aromatic carbocycles. The topological polar surface area (TPSA) is 76.1 Å². The van der Waals surface area contributed by atoms with Crippen LogP contribution >= 0.6 is 22.9 Å². The van der Waals surface area contributed by atoms with E-state index in [9.17, 15) is 4.79 Å². The average Bonchev–Trinajstić information content (AvgIpc) is 3.36. The molecule has 1 fully saturated rings. The number of anilines is 1. The Morgan fingerprint density at radius 2 is 2.21 bits per heavy atom. The number of hydrogen-bond donors (Lipinski definition) is 2. The maximum Gasteiger partial charge on any atom is 0.261 e. The predicted molar refractivity (Wildman–Crippen MR) is 117 cm³/mol. The van der Waals surface area contributed by atoms with E-state index in [0.29, 0.717) is 24.4 Å². The highest BCUT2D eigenvalue weighted by atomic mass is 35.5. The molecular formula is C21H23ClN4O2S. The number of fused-ring (bicyclic) bond motifs is 1. The molecule has 2 aromatic heterocycles. The van der Waals surface area contributed by atoms with Crippen molar-refractivity contribution in [2.75, 3.05) is 25.0 Å². The number of rotatable bonds is 7. The SMILES string of the molecule is Cc1c(C(=O)NCCc2ccccc2Cl)sc2ncnc(NC[C@H]3CCCO3)c12. The van der Waals surface area contributed by atoms with Gasteiger partial charge in [0.15, 0.2) is 0 Å². The summed E-state index contributed by atoms with van der Waals surface area (Å²) in [7, 11) is 0.